The van der Waals surface area contributed by atoms with Gasteiger partial charge < -0.3 is 9.84 Å². The van der Waals surface area contributed by atoms with E-state index in [9.17, 15) is 9.90 Å². The number of para-hydroxylation sites is 1. The van der Waals surface area contributed by atoms with E-state index in [1.54, 1.807) is 4.68 Å². The predicted octanol–water partition coefficient (Wildman–Crippen LogP) is 1.66. The van der Waals surface area contributed by atoms with E-state index < -0.39 is 12.0 Å². The van der Waals surface area contributed by atoms with Crippen molar-refractivity contribution in [3.63, 3.8) is 0 Å². The number of benzene rings is 1. The summed E-state index contributed by atoms with van der Waals surface area (Å²) in [4.78, 5) is 13.7. The van der Waals surface area contributed by atoms with Crippen LogP contribution in [0, 0.1) is 0 Å². The third kappa shape index (κ3) is 3.22. The number of hydrogen-bond donors (Lipinski definition) is 1. The van der Waals surface area contributed by atoms with Crippen LogP contribution in [0.1, 0.15) is 22.7 Å². The Morgan fingerprint density at radius 2 is 2.35 bits per heavy atom. The molecule has 1 aliphatic heterocycles. The first-order valence-electron chi connectivity index (χ1n) is 7.71. The van der Waals surface area contributed by atoms with Crippen LogP contribution in [0.4, 0.5) is 0 Å². The van der Waals surface area contributed by atoms with Crippen LogP contribution in [-0.2, 0) is 24.7 Å². The zero-order valence-corrected chi connectivity index (χ0v) is 13.4. The Labute approximate surface area is 135 Å². The number of carboxylic acid groups (broad SMARTS) is 1. The van der Waals surface area contributed by atoms with Crippen molar-refractivity contribution >= 4 is 5.97 Å². The standard InChI is InChI=1S/C17H21N3O3/c1-19(8-6-12-10-18-20(2)11-12)15(17(21)22)14-5-3-4-13-7-9-23-16(13)14/h3-5,10-11,15H,6-9H2,1-2H3,(H,21,22). The molecule has 23 heavy (non-hydrogen) atoms. The van der Waals surface area contributed by atoms with Gasteiger partial charge in [0, 0.05) is 31.8 Å². The molecular weight excluding hydrogens is 294 g/mol. The van der Waals surface area contributed by atoms with Gasteiger partial charge in [-0.2, -0.15) is 5.10 Å². The van der Waals surface area contributed by atoms with Gasteiger partial charge >= 0.3 is 5.97 Å². The molecule has 6 nitrogen and oxygen atoms in total. The maximum atomic E-state index is 11.8. The highest BCUT2D eigenvalue weighted by atomic mass is 16.5. The van der Waals surface area contributed by atoms with E-state index in [1.165, 1.54) is 0 Å². The van der Waals surface area contributed by atoms with E-state index in [0.29, 0.717) is 13.2 Å². The van der Waals surface area contributed by atoms with E-state index in [2.05, 4.69) is 5.10 Å². The molecule has 1 unspecified atom stereocenters. The molecule has 1 aliphatic rings. The van der Waals surface area contributed by atoms with Gasteiger partial charge in [0.1, 0.15) is 11.8 Å². The maximum Gasteiger partial charge on any atom is 0.325 e. The summed E-state index contributed by atoms with van der Waals surface area (Å²) in [5.74, 6) is -0.115. The first-order valence-corrected chi connectivity index (χ1v) is 7.71. The van der Waals surface area contributed by atoms with Gasteiger partial charge in [0.2, 0.25) is 0 Å². The molecule has 0 aliphatic carbocycles. The number of fused-ring (bicyclic) bond motifs is 1. The van der Waals surface area contributed by atoms with Crippen molar-refractivity contribution < 1.29 is 14.6 Å². The highest BCUT2D eigenvalue weighted by molar-refractivity contribution is 5.77. The van der Waals surface area contributed by atoms with Crippen LogP contribution in [0.5, 0.6) is 5.75 Å². The minimum absolute atomic E-state index is 0.623. The Bertz CT molecular complexity index is 711. The first kappa shape index (κ1) is 15.6. The number of rotatable bonds is 6. The normalized spacial score (nSPS) is 14.6. The molecule has 0 radical (unpaired) electrons. The van der Waals surface area contributed by atoms with Crippen molar-refractivity contribution in [1.82, 2.24) is 14.7 Å². The number of carboxylic acids is 1. The zero-order valence-electron chi connectivity index (χ0n) is 13.4. The molecule has 1 aromatic carbocycles. The van der Waals surface area contributed by atoms with Gasteiger partial charge in [-0.15, -0.1) is 0 Å². The molecule has 1 N–H and O–H groups in total. The summed E-state index contributed by atoms with van der Waals surface area (Å²) in [7, 11) is 3.71. The fraction of sp³-hybridized carbons (Fsp3) is 0.412. The Morgan fingerprint density at radius 1 is 1.52 bits per heavy atom. The number of aliphatic carboxylic acids is 1. The highest BCUT2D eigenvalue weighted by Crippen LogP contribution is 2.35. The highest BCUT2D eigenvalue weighted by Gasteiger charge is 2.30. The third-order valence-corrected chi connectivity index (χ3v) is 4.23. The Hall–Kier alpha value is -2.34. The molecule has 1 aromatic heterocycles. The smallest absolute Gasteiger partial charge is 0.325 e. The number of hydrogen-bond acceptors (Lipinski definition) is 4. The molecule has 1 atom stereocenters. The largest absolute Gasteiger partial charge is 0.493 e. The molecule has 122 valence electrons. The molecule has 0 saturated heterocycles. The van der Waals surface area contributed by atoms with Crippen molar-refractivity contribution in [2.75, 3.05) is 20.2 Å². The molecule has 3 rings (SSSR count). The number of likely N-dealkylation sites (N-methyl/N-ethyl adjacent to an activating group) is 1. The number of aryl methyl sites for hydroxylation is 1. The van der Waals surface area contributed by atoms with Gasteiger partial charge in [-0.1, -0.05) is 18.2 Å². The zero-order chi connectivity index (χ0) is 16.4. The average molecular weight is 315 g/mol. The summed E-state index contributed by atoms with van der Waals surface area (Å²) < 4.78 is 7.43. The third-order valence-electron chi connectivity index (χ3n) is 4.23. The first-order chi connectivity index (χ1) is 11.1. The molecule has 0 spiro atoms. The molecule has 0 saturated carbocycles. The second-order valence-corrected chi connectivity index (χ2v) is 5.93. The molecule has 2 heterocycles. The fourth-order valence-corrected chi connectivity index (χ4v) is 3.05. The SMILES string of the molecule is CN(CCc1cnn(C)c1)C(C(=O)O)c1cccc2c1OCC2. The lowest BCUT2D eigenvalue weighted by Crippen LogP contribution is -2.32. The summed E-state index contributed by atoms with van der Waals surface area (Å²) in [6.45, 7) is 1.25. The van der Waals surface area contributed by atoms with Crippen molar-refractivity contribution in [2.45, 2.75) is 18.9 Å². The molecule has 0 bridgehead atoms. The average Bonchev–Trinajstić information content (AvgIpc) is 3.14. The predicted molar refractivity (Wildman–Crippen MR) is 85.6 cm³/mol. The minimum atomic E-state index is -0.859. The van der Waals surface area contributed by atoms with E-state index >= 15 is 0 Å². The second kappa shape index (κ2) is 6.42. The number of ether oxygens (including phenoxy) is 1. The van der Waals surface area contributed by atoms with Crippen molar-refractivity contribution in [2.24, 2.45) is 7.05 Å². The van der Waals surface area contributed by atoms with E-state index in [-0.39, 0.29) is 0 Å². The van der Waals surface area contributed by atoms with Crippen molar-refractivity contribution in [3.8, 4) is 5.75 Å². The summed E-state index contributed by atoms with van der Waals surface area (Å²) in [6.07, 6.45) is 5.36. The minimum Gasteiger partial charge on any atom is -0.493 e. The van der Waals surface area contributed by atoms with E-state index in [4.69, 9.17) is 4.74 Å². The van der Waals surface area contributed by atoms with Crippen molar-refractivity contribution in [1.29, 1.82) is 0 Å². The lowest BCUT2D eigenvalue weighted by Gasteiger charge is -2.26. The van der Waals surface area contributed by atoms with Gasteiger partial charge in [-0.05, 0) is 24.6 Å². The van der Waals surface area contributed by atoms with Crippen LogP contribution in [0.25, 0.3) is 0 Å². The van der Waals surface area contributed by atoms with Crippen LogP contribution in [0.3, 0.4) is 0 Å². The fourth-order valence-electron chi connectivity index (χ4n) is 3.05. The number of nitrogens with zero attached hydrogens (tertiary/aromatic N) is 3. The van der Waals surface area contributed by atoms with Crippen LogP contribution in [0.2, 0.25) is 0 Å². The monoisotopic (exact) mass is 315 g/mol. The van der Waals surface area contributed by atoms with Crippen molar-refractivity contribution in [3.05, 3.63) is 47.3 Å². The molecule has 0 fully saturated rings. The Balaban J connectivity index is 1.79. The number of aromatic nitrogens is 2. The Kier molecular flexibility index (Phi) is 4.34. The summed E-state index contributed by atoms with van der Waals surface area (Å²) >= 11 is 0. The van der Waals surface area contributed by atoms with Gasteiger partial charge in [0.25, 0.3) is 0 Å². The van der Waals surface area contributed by atoms with Gasteiger partial charge in [0.15, 0.2) is 0 Å². The van der Waals surface area contributed by atoms with Crippen LogP contribution >= 0.6 is 0 Å². The van der Waals surface area contributed by atoms with Gasteiger partial charge in [0.05, 0.1) is 12.8 Å². The van der Waals surface area contributed by atoms with Crippen LogP contribution in [-0.4, -0.2) is 46.0 Å². The van der Waals surface area contributed by atoms with Gasteiger partial charge in [-0.25, -0.2) is 0 Å². The van der Waals surface area contributed by atoms with Crippen LogP contribution in [0.15, 0.2) is 30.6 Å². The molecule has 0 amide bonds. The molecule has 2 aromatic rings. The quantitative estimate of drug-likeness (QED) is 0.878. The lowest BCUT2D eigenvalue weighted by atomic mass is 10.0. The molecule has 6 heteroatoms. The van der Waals surface area contributed by atoms with E-state index in [1.807, 2.05) is 49.6 Å². The van der Waals surface area contributed by atoms with Gasteiger partial charge in [-0.3, -0.25) is 14.4 Å². The summed E-state index contributed by atoms with van der Waals surface area (Å²) in [5.41, 5.74) is 2.92. The second-order valence-electron chi connectivity index (χ2n) is 5.93. The van der Waals surface area contributed by atoms with E-state index in [0.717, 1.165) is 35.3 Å². The summed E-state index contributed by atoms with van der Waals surface area (Å²) in [6, 6.07) is 5.05. The topological polar surface area (TPSA) is 67.6 Å². The lowest BCUT2D eigenvalue weighted by molar-refractivity contribution is -0.143. The van der Waals surface area contributed by atoms with Crippen LogP contribution < -0.4 is 4.74 Å². The number of carbonyl (C=O) groups is 1. The maximum absolute atomic E-state index is 11.8. The molecular formula is C17H21N3O3. The summed E-state index contributed by atoms with van der Waals surface area (Å²) in [5, 5.41) is 13.9. The Morgan fingerprint density at radius 3 is 3.04 bits per heavy atom.